The Labute approximate surface area is 182 Å². The molecule has 156 valence electrons. The average Bonchev–Trinajstić information content (AvgIpc) is 2.69. The molecule has 2 aromatic rings. The SMILES string of the molecule is Cc1ccc(NC(=O)CSC(C)C(=O)NCC(c2ccccc2Cl)N(C)C)cc1. The number of likely N-dealkylation sites (N-methyl/N-ethyl adjacent to an activating group) is 1. The van der Waals surface area contributed by atoms with Crippen LogP contribution in [0.1, 0.15) is 24.1 Å². The van der Waals surface area contributed by atoms with Crippen molar-refractivity contribution in [3.63, 3.8) is 0 Å². The monoisotopic (exact) mass is 433 g/mol. The van der Waals surface area contributed by atoms with Crippen LogP contribution in [0.15, 0.2) is 48.5 Å². The van der Waals surface area contributed by atoms with Gasteiger partial charge in [-0.15, -0.1) is 11.8 Å². The van der Waals surface area contributed by atoms with Gasteiger partial charge in [0.05, 0.1) is 17.0 Å². The molecule has 0 aliphatic rings. The van der Waals surface area contributed by atoms with Crippen molar-refractivity contribution in [1.82, 2.24) is 10.2 Å². The second kappa shape index (κ2) is 11.2. The molecule has 0 aliphatic heterocycles. The van der Waals surface area contributed by atoms with Gasteiger partial charge in [-0.05, 0) is 51.7 Å². The van der Waals surface area contributed by atoms with Gasteiger partial charge >= 0.3 is 0 Å². The molecule has 0 saturated carbocycles. The minimum absolute atomic E-state index is 0.0327. The van der Waals surface area contributed by atoms with Crippen LogP contribution in [-0.2, 0) is 9.59 Å². The molecule has 0 bridgehead atoms. The molecule has 0 radical (unpaired) electrons. The van der Waals surface area contributed by atoms with E-state index in [-0.39, 0.29) is 28.9 Å². The Kier molecular flexibility index (Phi) is 9.01. The largest absolute Gasteiger partial charge is 0.353 e. The Morgan fingerprint density at radius 3 is 2.38 bits per heavy atom. The fraction of sp³-hybridized carbons (Fsp3) is 0.364. The normalized spacial score (nSPS) is 13.0. The van der Waals surface area contributed by atoms with Crippen LogP contribution in [0.2, 0.25) is 5.02 Å². The van der Waals surface area contributed by atoms with Gasteiger partial charge in [-0.3, -0.25) is 9.59 Å². The Hall–Kier alpha value is -2.02. The Morgan fingerprint density at radius 1 is 1.10 bits per heavy atom. The zero-order valence-electron chi connectivity index (χ0n) is 17.2. The van der Waals surface area contributed by atoms with E-state index >= 15 is 0 Å². The summed E-state index contributed by atoms with van der Waals surface area (Å²) in [5, 5.41) is 6.16. The summed E-state index contributed by atoms with van der Waals surface area (Å²) in [6.07, 6.45) is 0. The van der Waals surface area contributed by atoms with Crippen LogP contribution >= 0.6 is 23.4 Å². The van der Waals surface area contributed by atoms with Gasteiger partial charge in [0.25, 0.3) is 0 Å². The molecule has 0 aliphatic carbocycles. The molecule has 29 heavy (non-hydrogen) atoms. The predicted molar refractivity (Wildman–Crippen MR) is 123 cm³/mol. The van der Waals surface area contributed by atoms with Crippen LogP contribution in [-0.4, -0.2) is 48.4 Å². The van der Waals surface area contributed by atoms with E-state index in [4.69, 9.17) is 11.6 Å². The third-order valence-electron chi connectivity index (χ3n) is 4.53. The highest BCUT2D eigenvalue weighted by molar-refractivity contribution is 8.01. The first-order chi connectivity index (χ1) is 13.8. The second-order valence-electron chi connectivity index (χ2n) is 7.11. The number of nitrogens with zero attached hydrogens (tertiary/aromatic N) is 1. The van der Waals surface area contributed by atoms with E-state index in [1.807, 2.05) is 74.4 Å². The molecule has 2 N–H and O–H groups in total. The van der Waals surface area contributed by atoms with Crippen molar-refractivity contribution in [1.29, 1.82) is 0 Å². The molecule has 0 saturated heterocycles. The van der Waals surface area contributed by atoms with Crippen molar-refractivity contribution in [2.45, 2.75) is 25.1 Å². The molecular formula is C22H28ClN3O2S. The third kappa shape index (κ3) is 7.38. The number of aryl methyl sites for hydroxylation is 1. The van der Waals surface area contributed by atoms with Crippen molar-refractivity contribution in [2.24, 2.45) is 0 Å². The maximum Gasteiger partial charge on any atom is 0.234 e. The molecule has 2 rings (SSSR count). The van der Waals surface area contributed by atoms with Crippen LogP contribution in [0.4, 0.5) is 5.69 Å². The standard InChI is InChI=1S/C22H28ClN3O2S/c1-15-9-11-17(12-10-15)25-21(27)14-29-16(2)22(28)24-13-20(26(3)4)18-7-5-6-8-19(18)23/h5-12,16,20H,13-14H2,1-4H3,(H,24,28)(H,25,27). The van der Waals surface area contributed by atoms with Crippen molar-refractivity contribution in [3.8, 4) is 0 Å². The summed E-state index contributed by atoms with van der Waals surface area (Å²) in [6, 6.07) is 15.2. The summed E-state index contributed by atoms with van der Waals surface area (Å²) in [4.78, 5) is 26.6. The van der Waals surface area contributed by atoms with Crippen LogP contribution in [0.25, 0.3) is 0 Å². The third-order valence-corrected chi connectivity index (χ3v) is 6.01. The molecule has 0 aromatic heterocycles. The lowest BCUT2D eigenvalue weighted by Gasteiger charge is -2.26. The van der Waals surface area contributed by atoms with Crippen molar-refractivity contribution < 1.29 is 9.59 Å². The zero-order chi connectivity index (χ0) is 21.4. The topological polar surface area (TPSA) is 61.4 Å². The van der Waals surface area contributed by atoms with Crippen molar-refractivity contribution in [2.75, 3.05) is 31.7 Å². The Bertz CT molecular complexity index is 827. The van der Waals surface area contributed by atoms with Gasteiger partial charge in [0.2, 0.25) is 11.8 Å². The highest BCUT2D eigenvalue weighted by Gasteiger charge is 2.20. The maximum atomic E-state index is 12.5. The number of halogens is 1. The molecule has 7 heteroatoms. The van der Waals surface area contributed by atoms with Gasteiger partial charge in [0.15, 0.2) is 0 Å². The number of carbonyl (C=O) groups is 2. The van der Waals surface area contributed by atoms with E-state index in [9.17, 15) is 9.59 Å². The summed E-state index contributed by atoms with van der Waals surface area (Å²) < 4.78 is 0. The van der Waals surface area contributed by atoms with E-state index in [1.54, 1.807) is 6.92 Å². The minimum atomic E-state index is -0.340. The Morgan fingerprint density at radius 2 is 1.76 bits per heavy atom. The van der Waals surface area contributed by atoms with Crippen molar-refractivity contribution >= 4 is 40.9 Å². The zero-order valence-corrected chi connectivity index (χ0v) is 18.8. The number of amides is 2. The number of hydrogen-bond acceptors (Lipinski definition) is 4. The number of rotatable bonds is 9. The highest BCUT2D eigenvalue weighted by Crippen LogP contribution is 2.25. The lowest BCUT2D eigenvalue weighted by atomic mass is 10.1. The average molecular weight is 434 g/mol. The fourth-order valence-electron chi connectivity index (χ4n) is 2.77. The lowest BCUT2D eigenvalue weighted by Crippen LogP contribution is -2.38. The number of nitrogens with one attached hydrogen (secondary N) is 2. The summed E-state index contributed by atoms with van der Waals surface area (Å²) in [7, 11) is 3.90. The first kappa shape index (κ1) is 23.3. The van der Waals surface area contributed by atoms with E-state index in [2.05, 4.69) is 10.6 Å². The van der Waals surface area contributed by atoms with Crippen LogP contribution < -0.4 is 10.6 Å². The molecule has 2 atom stereocenters. The van der Waals surface area contributed by atoms with Gasteiger partial charge < -0.3 is 15.5 Å². The number of thioether (sulfide) groups is 1. The molecule has 0 heterocycles. The van der Waals surface area contributed by atoms with Gasteiger partial charge in [-0.2, -0.15) is 0 Å². The fourth-order valence-corrected chi connectivity index (χ4v) is 3.74. The van der Waals surface area contributed by atoms with Crippen LogP contribution in [0.5, 0.6) is 0 Å². The highest BCUT2D eigenvalue weighted by atomic mass is 35.5. The molecule has 0 fully saturated rings. The van der Waals surface area contributed by atoms with Gasteiger partial charge in [0.1, 0.15) is 0 Å². The molecule has 2 unspecified atom stereocenters. The van der Waals surface area contributed by atoms with E-state index in [0.717, 1.165) is 16.8 Å². The van der Waals surface area contributed by atoms with Crippen LogP contribution in [0.3, 0.4) is 0 Å². The predicted octanol–water partition coefficient (Wildman–Crippen LogP) is 4.13. The molecular weight excluding hydrogens is 406 g/mol. The maximum absolute atomic E-state index is 12.5. The molecule has 2 aromatic carbocycles. The van der Waals surface area contributed by atoms with Gasteiger partial charge in [-0.25, -0.2) is 0 Å². The lowest BCUT2D eigenvalue weighted by molar-refractivity contribution is -0.120. The van der Waals surface area contributed by atoms with E-state index in [0.29, 0.717) is 11.6 Å². The first-order valence-corrected chi connectivity index (χ1v) is 10.9. The van der Waals surface area contributed by atoms with Crippen molar-refractivity contribution in [3.05, 3.63) is 64.7 Å². The van der Waals surface area contributed by atoms with E-state index in [1.165, 1.54) is 11.8 Å². The molecule has 2 amide bonds. The van der Waals surface area contributed by atoms with E-state index < -0.39 is 0 Å². The summed E-state index contributed by atoms with van der Waals surface area (Å²) in [5.41, 5.74) is 2.86. The second-order valence-corrected chi connectivity index (χ2v) is 8.85. The smallest absolute Gasteiger partial charge is 0.234 e. The number of carbonyl (C=O) groups excluding carboxylic acids is 2. The van der Waals surface area contributed by atoms with Gasteiger partial charge in [0, 0.05) is 17.3 Å². The first-order valence-electron chi connectivity index (χ1n) is 9.44. The minimum Gasteiger partial charge on any atom is -0.353 e. The summed E-state index contributed by atoms with van der Waals surface area (Å²) >= 11 is 7.62. The molecule has 5 nitrogen and oxygen atoms in total. The summed E-state index contributed by atoms with van der Waals surface area (Å²) in [5.74, 6) is -0.0119. The Balaban J connectivity index is 1.82. The number of hydrogen-bond donors (Lipinski definition) is 2. The summed E-state index contributed by atoms with van der Waals surface area (Å²) in [6.45, 7) is 4.24. The van der Waals surface area contributed by atoms with Crippen LogP contribution in [0, 0.1) is 6.92 Å². The quantitative estimate of drug-likeness (QED) is 0.624. The number of anilines is 1. The number of benzene rings is 2. The van der Waals surface area contributed by atoms with Gasteiger partial charge in [-0.1, -0.05) is 47.5 Å². The molecule has 0 spiro atoms.